The Bertz CT molecular complexity index is 1580. The number of hydrogen-bond acceptors (Lipinski definition) is 7. The number of piperidine rings is 2. The third kappa shape index (κ3) is 6.13. The molecule has 3 aromatic rings. The van der Waals surface area contributed by atoms with Gasteiger partial charge in [-0.2, -0.15) is 5.10 Å². The van der Waals surface area contributed by atoms with Gasteiger partial charge in [0.05, 0.1) is 23.4 Å². The molecule has 11 nitrogen and oxygen atoms in total. The van der Waals surface area contributed by atoms with Gasteiger partial charge in [0.2, 0.25) is 17.7 Å². The number of nitrogens with one attached hydrogen (secondary N) is 2. The number of aromatic nitrogens is 2. The van der Waals surface area contributed by atoms with Gasteiger partial charge in [0.1, 0.15) is 6.04 Å². The third-order valence-electron chi connectivity index (χ3n) is 8.74. The molecule has 1 unspecified atom stereocenters. The molecule has 11 heteroatoms. The molecular weight excluding hydrogens is 560 g/mol. The number of hydrogen-bond donors (Lipinski definition) is 2. The topological polar surface area (TPSA) is 134 Å². The molecule has 5 amide bonds. The summed E-state index contributed by atoms with van der Waals surface area (Å²) in [7, 11) is 0. The number of anilines is 1. The van der Waals surface area contributed by atoms with Crippen LogP contribution >= 0.6 is 0 Å². The maximum atomic E-state index is 13.0. The zero-order valence-corrected chi connectivity index (χ0v) is 24.5. The van der Waals surface area contributed by atoms with Crippen molar-refractivity contribution in [1.29, 1.82) is 0 Å². The van der Waals surface area contributed by atoms with Gasteiger partial charge in [-0.3, -0.25) is 38.9 Å². The quantitative estimate of drug-likeness (QED) is 0.269. The molecule has 2 saturated heterocycles. The lowest BCUT2D eigenvalue weighted by atomic mass is 10.0. The van der Waals surface area contributed by atoms with Gasteiger partial charge in [-0.25, -0.2) is 0 Å². The molecule has 0 bridgehead atoms. The van der Waals surface area contributed by atoms with E-state index in [-0.39, 0.29) is 29.9 Å². The largest absolute Gasteiger partial charge is 0.385 e. The van der Waals surface area contributed by atoms with Crippen molar-refractivity contribution >= 4 is 35.2 Å². The van der Waals surface area contributed by atoms with E-state index in [9.17, 15) is 24.0 Å². The minimum absolute atomic E-state index is 0.0864. The molecule has 3 aliphatic heterocycles. The number of unbranched alkanes of at least 4 members (excludes halogenated alkanes) is 2. The first-order valence-electron chi connectivity index (χ1n) is 15.4. The van der Waals surface area contributed by atoms with E-state index in [1.165, 1.54) is 0 Å². The Hall–Kier alpha value is -4.80. The molecule has 2 fully saturated rings. The number of amides is 5. The molecule has 0 spiro atoms. The van der Waals surface area contributed by atoms with E-state index < -0.39 is 29.7 Å². The highest BCUT2D eigenvalue weighted by molar-refractivity contribution is 6.23. The number of carbonyl (C=O) groups excluding carboxylic acids is 5. The van der Waals surface area contributed by atoms with Crippen molar-refractivity contribution in [3.05, 3.63) is 72.1 Å². The standard InChI is InChI=1S/C33H36N6O5/c40-29-13-12-28(31(42)36-29)39-32(43)26-11-10-24(19-27(26)33(39)44)34-16-6-2-5-9-30(41)37-17-14-25(15-18-37)38-21-23(20-35-38)22-7-3-1-4-8-22/h1,3-4,7-8,10-11,19-21,25,28,34H,2,5-6,9,12-18H2,(H,36,40,42). The van der Waals surface area contributed by atoms with Gasteiger partial charge >= 0.3 is 0 Å². The zero-order chi connectivity index (χ0) is 30.6. The molecule has 6 rings (SSSR count). The zero-order valence-electron chi connectivity index (χ0n) is 24.5. The molecular formula is C33H36N6O5. The minimum atomic E-state index is -0.977. The summed E-state index contributed by atoms with van der Waals surface area (Å²) < 4.78 is 2.04. The molecule has 4 heterocycles. The number of fused-ring (bicyclic) bond motifs is 1. The lowest BCUT2D eigenvalue weighted by Crippen LogP contribution is -2.54. The summed E-state index contributed by atoms with van der Waals surface area (Å²) in [4.78, 5) is 65.3. The Labute approximate surface area is 255 Å². The van der Waals surface area contributed by atoms with Crippen LogP contribution in [0, 0.1) is 0 Å². The van der Waals surface area contributed by atoms with Crippen LogP contribution < -0.4 is 10.6 Å². The van der Waals surface area contributed by atoms with Gasteiger partial charge in [0.25, 0.3) is 11.8 Å². The van der Waals surface area contributed by atoms with E-state index in [2.05, 4.69) is 34.1 Å². The van der Waals surface area contributed by atoms with Crippen molar-refractivity contribution in [2.75, 3.05) is 25.0 Å². The van der Waals surface area contributed by atoms with Crippen molar-refractivity contribution in [2.24, 2.45) is 0 Å². The predicted octanol–water partition coefficient (Wildman–Crippen LogP) is 3.79. The molecule has 44 heavy (non-hydrogen) atoms. The first-order chi connectivity index (χ1) is 21.4. The normalized spacial score (nSPS) is 18.9. The Morgan fingerprint density at radius 2 is 1.66 bits per heavy atom. The molecule has 0 aliphatic carbocycles. The fraction of sp³-hybridized carbons (Fsp3) is 0.394. The molecule has 1 aromatic heterocycles. The average Bonchev–Trinajstić information content (AvgIpc) is 3.63. The van der Waals surface area contributed by atoms with Gasteiger partial charge in [0, 0.05) is 49.9 Å². The van der Waals surface area contributed by atoms with Crippen LogP contribution in [0.4, 0.5) is 5.69 Å². The molecule has 0 saturated carbocycles. The maximum Gasteiger partial charge on any atom is 0.262 e. The highest BCUT2D eigenvalue weighted by Gasteiger charge is 2.44. The smallest absolute Gasteiger partial charge is 0.262 e. The SMILES string of the molecule is O=C1CCC(N2C(=O)c3ccc(NCCCCCC(=O)N4CCC(n5cc(-c6ccccc6)cn5)CC4)cc3C2=O)C(=O)N1. The monoisotopic (exact) mass is 596 g/mol. The molecule has 228 valence electrons. The number of carbonyl (C=O) groups is 5. The second kappa shape index (κ2) is 12.8. The second-order valence-corrected chi connectivity index (χ2v) is 11.6. The summed E-state index contributed by atoms with van der Waals surface area (Å²) in [6.07, 6.45) is 9.07. The maximum absolute atomic E-state index is 13.0. The van der Waals surface area contributed by atoms with Crippen LogP contribution in [-0.4, -0.2) is 74.8 Å². The summed E-state index contributed by atoms with van der Waals surface area (Å²) in [5, 5.41) is 10.1. The molecule has 1 atom stereocenters. The van der Waals surface area contributed by atoms with Crippen molar-refractivity contribution < 1.29 is 24.0 Å². The highest BCUT2D eigenvalue weighted by atomic mass is 16.2. The van der Waals surface area contributed by atoms with Crippen LogP contribution in [-0.2, 0) is 14.4 Å². The number of nitrogens with zero attached hydrogens (tertiary/aromatic N) is 4. The average molecular weight is 597 g/mol. The van der Waals surface area contributed by atoms with Gasteiger partial charge in [-0.1, -0.05) is 36.8 Å². The fourth-order valence-corrected chi connectivity index (χ4v) is 6.25. The van der Waals surface area contributed by atoms with Gasteiger partial charge in [-0.05, 0) is 55.9 Å². The van der Waals surface area contributed by atoms with E-state index in [1.54, 1.807) is 18.2 Å². The number of benzene rings is 2. The minimum Gasteiger partial charge on any atom is -0.385 e. The summed E-state index contributed by atoms with van der Waals surface area (Å²) in [6, 6.07) is 14.5. The van der Waals surface area contributed by atoms with Crippen molar-refractivity contribution in [2.45, 2.75) is 63.5 Å². The molecule has 3 aliphatic rings. The van der Waals surface area contributed by atoms with Crippen molar-refractivity contribution in [3.63, 3.8) is 0 Å². The first kappa shape index (κ1) is 29.3. The number of likely N-dealkylation sites (tertiary alicyclic amines) is 1. The van der Waals surface area contributed by atoms with Crippen LogP contribution in [0.2, 0.25) is 0 Å². The van der Waals surface area contributed by atoms with E-state index >= 15 is 0 Å². The predicted molar refractivity (Wildman–Crippen MR) is 163 cm³/mol. The number of rotatable bonds is 10. The second-order valence-electron chi connectivity index (χ2n) is 11.6. The molecule has 2 N–H and O–H groups in total. The van der Waals surface area contributed by atoms with Crippen molar-refractivity contribution in [1.82, 2.24) is 24.9 Å². The van der Waals surface area contributed by atoms with Crippen LogP contribution in [0.25, 0.3) is 11.1 Å². The van der Waals surface area contributed by atoms with Gasteiger partial charge < -0.3 is 10.2 Å². The van der Waals surface area contributed by atoms with E-state index in [1.807, 2.05) is 34.0 Å². The lowest BCUT2D eigenvalue weighted by Gasteiger charge is -2.32. The summed E-state index contributed by atoms with van der Waals surface area (Å²) in [5.41, 5.74) is 3.48. The van der Waals surface area contributed by atoms with Gasteiger partial charge in [-0.15, -0.1) is 0 Å². The highest BCUT2D eigenvalue weighted by Crippen LogP contribution is 2.30. The van der Waals surface area contributed by atoms with Crippen LogP contribution in [0.15, 0.2) is 60.9 Å². The van der Waals surface area contributed by atoms with Gasteiger partial charge in [0.15, 0.2) is 0 Å². The Morgan fingerprint density at radius 1 is 0.886 bits per heavy atom. The van der Waals surface area contributed by atoms with Crippen LogP contribution in [0.5, 0.6) is 0 Å². The first-order valence-corrected chi connectivity index (χ1v) is 15.4. The Balaban J connectivity index is 0.901. The van der Waals surface area contributed by atoms with Crippen molar-refractivity contribution in [3.8, 4) is 11.1 Å². The van der Waals surface area contributed by atoms with Crippen LogP contribution in [0.3, 0.4) is 0 Å². The lowest BCUT2D eigenvalue weighted by molar-refractivity contribution is -0.136. The third-order valence-corrected chi connectivity index (χ3v) is 8.74. The summed E-state index contributed by atoms with van der Waals surface area (Å²) in [5.74, 6) is -1.86. The van der Waals surface area contributed by atoms with Crippen LogP contribution in [0.1, 0.15) is 78.1 Å². The van der Waals surface area contributed by atoms with E-state index in [0.29, 0.717) is 24.7 Å². The molecule has 2 aromatic carbocycles. The van der Waals surface area contributed by atoms with E-state index in [4.69, 9.17) is 0 Å². The Morgan fingerprint density at radius 3 is 2.43 bits per heavy atom. The summed E-state index contributed by atoms with van der Waals surface area (Å²) in [6.45, 7) is 2.14. The molecule has 0 radical (unpaired) electrons. The Kier molecular flexibility index (Phi) is 8.53. The fourth-order valence-electron chi connectivity index (χ4n) is 6.25. The number of imide groups is 2. The van der Waals surface area contributed by atoms with E-state index in [0.717, 1.165) is 61.2 Å². The summed E-state index contributed by atoms with van der Waals surface area (Å²) >= 11 is 0.